The minimum atomic E-state index is -0.686. The highest BCUT2D eigenvalue weighted by molar-refractivity contribution is 6.31. The Bertz CT molecular complexity index is 629. The van der Waals surface area contributed by atoms with Gasteiger partial charge in [0.25, 0.3) is 0 Å². The monoisotopic (exact) mass is 310 g/mol. The highest BCUT2D eigenvalue weighted by atomic mass is 35.5. The van der Waals surface area contributed by atoms with Crippen LogP contribution in [0.2, 0.25) is 5.02 Å². The maximum atomic E-state index is 13.4. The summed E-state index contributed by atoms with van der Waals surface area (Å²) in [6.45, 7) is 1.74. The Morgan fingerprint density at radius 2 is 2.05 bits per heavy atom. The van der Waals surface area contributed by atoms with Crippen LogP contribution < -0.4 is 9.47 Å². The molecule has 21 heavy (non-hydrogen) atoms. The lowest BCUT2D eigenvalue weighted by atomic mass is 10.1. The number of halogens is 2. The van der Waals surface area contributed by atoms with Crippen molar-refractivity contribution in [2.24, 2.45) is 0 Å². The van der Waals surface area contributed by atoms with E-state index in [0.717, 1.165) is 0 Å². The first-order chi connectivity index (χ1) is 10.0. The molecule has 0 saturated heterocycles. The van der Waals surface area contributed by atoms with Crippen molar-refractivity contribution in [1.29, 1.82) is 0 Å². The molecule has 1 unspecified atom stereocenters. The first-order valence-corrected chi connectivity index (χ1v) is 6.82. The second-order valence-electron chi connectivity index (χ2n) is 4.58. The quantitative estimate of drug-likeness (QED) is 0.903. The summed E-state index contributed by atoms with van der Waals surface area (Å²) in [5.74, 6) is 0.601. The predicted molar refractivity (Wildman–Crippen MR) is 79.4 cm³/mol. The Hall–Kier alpha value is -1.78. The third-order valence-corrected chi connectivity index (χ3v) is 3.51. The fraction of sp³-hybridized carbons (Fsp3) is 0.250. The molecule has 112 valence electrons. The first kappa shape index (κ1) is 15.6. The number of methoxy groups -OCH3 is 1. The van der Waals surface area contributed by atoms with E-state index >= 15 is 0 Å². The Balaban J connectivity index is 2.24. The van der Waals surface area contributed by atoms with E-state index in [1.165, 1.54) is 6.07 Å². The summed E-state index contributed by atoms with van der Waals surface area (Å²) in [4.78, 5) is 0. The normalized spacial score (nSPS) is 12.0. The standard InChI is InChI=1S/C16H16ClFO3/c1-10(19)13-7-6-12(20-2)8-15(13)21-9-11-4-3-5-14(18)16(11)17/h3-8,10,19H,9H2,1-2H3. The van der Waals surface area contributed by atoms with Crippen molar-refractivity contribution in [2.75, 3.05) is 7.11 Å². The van der Waals surface area contributed by atoms with Gasteiger partial charge in [0, 0.05) is 17.2 Å². The number of rotatable bonds is 5. The molecule has 0 spiro atoms. The smallest absolute Gasteiger partial charge is 0.142 e. The van der Waals surface area contributed by atoms with E-state index in [-0.39, 0.29) is 11.6 Å². The lowest BCUT2D eigenvalue weighted by molar-refractivity contribution is 0.190. The second kappa shape index (κ2) is 6.78. The van der Waals surface area contributed by atoms with E-state index in [1.807, 2.05) is 0 Å². The molecule has 1 N–H and O–H groups in total. The molecule has 2 aromatic rings. The van der Waals surface area contributed by atoms with Crippen molar-refractivity contribution in [3.63, 3.8) is 0 Å². The number of benzene rings is 2. The van der Waals surface area contributed by atoms with Gasteiger partial charge in [-0.15, -0.1) is 0 Å². The van der Waals surface area contributed by atoms with Crippen LogP contribution in [0.1, 0.15) is 24.2 Å². The van der Waals surface area contributed by atoms with Crippen molar-refractivity contribution in [2.45, 2.75) is 19.6 Å². The molecule has 3 nitrogen and oxygen atoms in total. The molecule has 0 bridgehead atoms. The van der Waals surface area contributed by atoms with Gasteiger partial charge in [-0.05, 0) is 25.1 Å². The minimum absolute atomic E-state index is 0.0407. The summed E-state index contributed by atoms with van der Waals surface area (Å²) in [6, 6.07) is 9.69. The van der Waals surface area contributed by atoms with Gasteiger partial charge < -0.3 is 14.6 Å². The molecule has 0 heterocycles. The maximum Gasteiger partial charge on any atom is 0.142 e. The molecule has 0 radical (unpaired) electrons. The summed E-state index contributed by atoms with van der Waals surface area (Å²) >= 11 is 5.89. The molecular weight excluding hydrogens is 295 g/mol. The fourth-order valence-electron chi connectivity index (χ4n) is 1.93. The van der Waals surface area contributed by atoms with Gasteiger partial charge in [0.1, 0.15) is 23.9 Å². The predicted octanol–water partition coefficient (Wildman–Crippen LogP) is 4.12. The summed E-state index contributed by atoms with van der Waals surface area (Å²) in [7, 11) is 1.55. The highest BCUT2D eigenvalue weighted by Crippen LogP contribution is 2.31. The van der Waals surface area contributed by atoms with Gasteiger partial charge in [-0.3, -0.25) is 0 Å². The molecule has 5 heteroatoms. The Morgan fingerprint density at radius 1 is 1.29 bits per heavy atom. The number of hydrogen-bond donors (Lipinski definition) is 1. The Kier molecular flexibility index (Phi) is 5.04. The third-order valence-electron chi connectivity index (χ3n) is 3.09. The van der Waals surface area contributed by atoms with Crippen LogP contribution in [0.15, 0.2) is 36.4 Å². The van der Waals surface area contributed by atoms with Gasteiger partial charge in [0.05, 0.1) is 18.2 Å². The van der Waals surface area contributed by atoms with Crippen molar-refractivity contribution < 1.29 is 19.0 Å². The average molecular weight is 311 g/mol. The number of aliphatic hydroxyl groups is 1. The lowest BCUT2D eigenvalue weighted by Gasteiger charge is -2.15. The van der Waals surface area contributed by atoms with Gasteiger partial charge in [0.2, 0.25) is 0 Å². The zero-order chi connectivity index (χ0) is 15.4. The van der Waals surface area contributed by atoms with Crippen LogP contribution in [0.4, 0.5) is 4.39 Å². The minimum Gasteiger partial charge on any atom is -0.497 e. The Labute approximate surface area is 127 Å². The molecule has 0 saturated carbocycles. The van der Waals surface area contributed by atoms with Crippen LogP contribution in [0.3, 0.4) is 0 Å². The molecule has 0 aliphatic heterocycles. The first-order valence-electron chi connectivity index (χ1n) is 6.44. The van der Waals surface area contributed by atoms with Crippen molar-refractivity contribution >= 4 is 11.6 Å². The highest BCUT2D eigenvalue weighted by Gasteiger charge is 2.12. The molecular formula is C16H16ClFO3. The molecule has 0 fully saturated rings. The third kappa shape index (κ3) is 3.65. The van der Waals surface area contributed by atoms with E-state index in [9.17, 15) is 9.50 Å². The largest absolute Gasteiger partial charge is 0.497 e. The van der Waals surface area contributed by atoms with Gasteiger partial charge in [-0.25, -0.2) is 4.39 Å². The second-order valence-corrected chi connectivity index (χ2v) is 4.96. The zero-order valence-corrected chi connectivity index (χ0v) is 12.5. The SMILES string of the molecule is COc1ccc(C(C)O)c(OCc2cccc(F)c2Cl)c1. The van der Waals surface area contributed by atoms with Crippen LogP contribution in [0.5, 0.6) is 11.5 Å². The van der Waals surface area contributed by atoms with E-state index < -0.39 is 11.9 Å². The Morgan fingerprint density at radius 3 is 2.71 bits per heavy atom. The van der Waals surface area contributed by atoms with E-state index in [4.69, 9.17) is 21.1 Å². The summed E-state index contributed by atoms with van der Waals surface area (Å²) in [5.41, 5.74) is 1.17. The summed E-state index contributed by atoms with van der Waals surface area (Å²) in [6.07, 6.45) is -0.686. The molecule has 1 atom stereocenters. The topological polar surface area (TPSA) is 38.7 Å². The number of ether oxygens (including phenoxy) is 2. The molecule has 2 rings (SSSR count). The number of aliphatic hydroxyl groups excluding tert-OH is 1. The van der Waals surface area contributed by atoms with Crippen LogP contribution in [0, 0.1) is 5.82 Å². The van der Waals surface area contributed by atoms with E-state index in [1.54, 1.807) is 44.4 Å². The van der Waals surface area contributed by atoms with Crippen molar-refractivity contribution in [1.82, 2.24) is 0 Å². The van der Waals surface area contributed by atoms with Crippen molar-refractivity contribution in [3.05, 3.63) is 58.4 Å². The average Bonchev–Trinajstić information content (AvgIpc) is 2.48. The van der Waals surface area contributed by atoms with Gasteiger partial charge in [0.15, 0.2) is 0 Å². The fourth-order valence-corrected chi connectivity index (χ4v) is 2.11. The zero-order valence-electron chi connectivity index (χ0n) is 11.8. The molecule has 0 amide bonds. The van der Waals surface area contributed by atoms with Gasteiger partial charge in [-0.1, -0.05) is 23.7 Å². The van der Waals surface area contributed by atoms with E-state index in [2.05, 4.69) is 0 Å². The van der Waals surface area contributed by atoms with Crippen LogP contribution in [-0.4, -0.2) is 12.2 Å². The van der Waals surface area contributed by atoms with Crippen LogP contribution >= 0.6 is 11.6 Å². The summed E-state index contributed by atoms with van der Waals surface area (Å²) in [5, 5.41) is 9.80. The molecule has 0 aromatic heterocycles. The van der Waals surface area contributed by atoms with Gasteiger partial charge >= 0.3 is 0 Å². The van der Waals surface area contributed by atoms with Gasteiger partial charge in [-0.2, -0.15) is 0 Å². The van der Waals surface area contributed by atoms with Crippen LogP contribution in [0.25, 0.3) is 0 Å². The maximum absolute atomic E-state index is 13.4. The lowest BCUT2D eigenvalue weighted by Crippen LogP contribution is -2.02. The number of hydrogen-bond acceptors (Lipinski definition) is 3. The molecule has 2 aromatic carbocycles. The summed E-state index contributed by atoms with van der Waals surface area (Å²) < 4.78 is 24.2. The van der Waals surface area contributed by atoms with Crippen LogP contribution in [-0.2, 0) is 6.61 Å². The van der Waals surface area contributed by atoms with Crippen molar-refractivity contribution in [3.8, 4) is 11.5 Å². The molecule has 0 aliphatic carbocycles. The molecule has 0 aliphatic rings. The van der Waals surface area contributed by atoms with E-state index in [0.29, 0.717) is 22.6 Å².